The minimum atomic E-state index is -0.604. The molecule has 0 saturated carbocycles. The fourth-order valence-corrected chi connectivity index (χ4v) is 3.70. The molecule has 0 fully saturated rings. The predicted molar refractivity (Wildman–Crippen MR) is 125 cm³/mol. The molecular formula is C25H23ClN2O4. The van der Waals surface area contributed by atoms with E-state index in [1.54, 1.807) is 54.3 Å². The van der Waals surface area contributed by atoms with Crippen LogP contribution in [0, 0.1) is 0 Å². The third kappa shape index (κ3) is 5.03. The van der Waals surface area contributed by atoms with Gasteiger partial charge in [0.2, 0.25) is 0 Å². The maximum Gasteiger partial charge on any atom is 0.267 e. The molecule has 1 aliphatic rings. The van der Waals surface area contributed by atoms with Gasteiger partial charge in [0, 0.05) is 18.3 Å². The van der Waals surface area contributed by atoms with Crippen molar-refractivity contribution in [3.8, 4) is 11.5 Å². The number of amides is 2. The molecule has 0 aliphatic carbocycles. The van der Waals surface area contributed by atoms with Gasteiger partial charge in [-0.1, -0.05) is 54.1 Å². The van der Waals surface area contributed by atoms with E-state index in [0.717, 1.165) is 12.0 Å². The van der Waals surface area contributed by atoms with Crippen LogP contribution in [-0.2, 0) is 16.0 Å². The van der Waals surface area contributed by atoms with Gasteiger partial charge in [0.15, 0.2) is 12.7 Å². The Morgan fingerprint density at radius 3 is 2.62 bits per heavy atom. The zero-order valence-electron chi connectivity index (χ0n) is 17.6. The van der Waals surface area contributed by atoms with Crippen LogP contribution < -0.4 is 19.7 Å². The molecule has 164 valence electrons. The molecular weight excluding hydrogens is 428 g/mol. The first-order valence-corrected chi connectivity index (χ1v) is 10.7. The number of hydrogen-bond acceptors (Lipinski definition) is 4. The van der Waals surface area contributed by atoms with Crippen LogP contribution in [-0.4, -0.2) is 31.1 Å². The molecule has 1 atom stereocenters. The van der Waals surface area contributed by atoms with E-state index in [1.165, 1.54) is 0 Å². The van der Waals surface area contributed by atoms with Crippen LogP contribution in [0.3, 0.4) is 0 Å². The van der Waals surface area contributed by atoms with E-state index in [9.17, 15) is 9.59 Å². The molecule has 6 nitrogen and oxygen atoms in total. The fraction of sp³-hybridized carbons (Fsp3) is 0.200. The van der Waals surface area contributed by atoms with Crippen molar-refractivity contribution in [1.82, 2.24) is 0 Å². The number of nitrogens with one attached hydrogen (secondary N) is 1. The second-order valence-electron chi connectivity index (χ2n) is 7.44. The lowest BCUT2D eigenvalue weighted by Gasteiger charge is -2.33. The van der Waals surface area contributed by atoms with Gasteiger partial charge in [0.05, 0.1) is 10.7 Å². The van der Waals surface area contributed by atoms with Crippen LogP contribution >= 0.6 is 11.6 Å². The van der Waals surface area contributed by atoms with Gasteiger partial charge in [0.1, 0.15) is 11.5 Å². The summed E-state index contributed by atoms with van der Waals surface area (Å²) in [5.41, 5.74) is 2.40. The van der Waals surface area contributed by atoms with Crippen molar-refractivity contribution < 1.29 is 19.1 Å². The van der Waals surface area contributed by atoms with Gasteiger partial charge in [0.25, 0.3) is 11.8 Å². The van der Waals surface area contributed by atoms with E-state index < -0.39 is 6.10 Å². The van der Waals surface area contributed by atoms with Crippen LogP contribution in [0.15, 0.2) is 72.8 Å². The van der Waals surface area contributed by atoms with Crippen molar-refractivity contribution >= 4 is 34.8 Å². The zero-order valence-corrected chi connectivity index (χ0v) is 18.3. The lowest BCUT2D eigenvalue weighted by molar-refractivity contribution is -0.125. The fourth-order valence-electron chi connectivity index (χ4n) is 3.51. The SMILES string of the molecule is CC1Oc2cc(NC(=O)COc3ccccc3Cl)ccc2N(CCc2ccccc2)C1=O. The standard InChI is InChI=1S/C25H23ClN2O4/c1-17-25(30)28(14-13-18-7-3-2-4-8-18)21-12-11-19(15-23(21)32-17)27-24(29)16-31-22-10-6-5-9-20(22)26/h2-12,15,17H,13-14,16H2,1H3,(H,27,29). The van der Waals surface area contributed by atoms with Crippen LogP contribution in [0.4, 0.5) is 11.4 Å². The molecule has 1 N–H and O–H groups in total. The number of fused-ring (bicyclic) bond motifs is 1. The summed E-state index contributed by atoms with van der Waals surface area (Å²) in [6, 6.07) is 22.2. The first kappa shape index (κ1) is 21.7. The number of halogens is 1. The van der Waals surface area contributed by atoms with E-state index >= 15 is 0 Å². The van der Waals surface area contributed by atoms with Gasteiger partial charge >= 0.3 is 0 Å². The lowest BCUT2D eigenvalue weighted by atomic mass is 10.1. The van der Waals surface area contributed by atoms with E-state index in [1.807, 2.05) is 30.3 Å². The zero-order chi connectivity index (χ0) is 22.5. The highest BCUT2D eigenvalue weighted by atomic mass is 35.5. The molecule has 0 bridgehead atoms. The summed E-state index contributed by atoms with van der Waals surface area (Å²) in [7, 11) is 0. The summed E-state index contributed by atoms with van der Waals surface area (Å²) in [5, 5.41) is 3.23. The van der Waals surface area contributed by atoms with Gasteiger partial charge in [-0.2, -0.15) is 0 Å². The summed E-state index contributed by atoms with van der Waals surface area (Å²) in [6.07, 6.45) is 0.129. The number of nitrogens with zero attached hydrogens (tertiary/aromatic N) is 1. The third-order valence-corrected chi connectivity index (χ3v) is 5.43. The van der Waals surface area contributed by atoms with Crippen molar-refractivity contribution in [2.75, 3.05) is 23.4 Å². The second kappa shape index (κ2) is 9.75. The Balaban J connectivity index is 1.43. The first-order valence-electron chi connectivity index (χ1n) is 10.3. The van der Waals surface area contributed by atoms with Crippen LogP contribution in [0.5, 0.6) is 11.5 Å². The summed E-state index contributed by atoms with van der Waals surface area (Å²) < 4.78 is 11.3. The Labute approximate surface area is 191 Å². The Hall–Kier alpha value is -3.51. The normalized spacial score (nSPS) is 15.0. The van der Waals surface area contributed by atoms with Gasteiger partial charge in [-0.05, 0) is 43.2 Å². The Bertz CT molecular complexity index is 1120. The Morgan fingerprint density at radius 1 is 1.09 bits per heavy atom. The molecule has 1 aliphatic heterocycles. The molecule has 0 saturated heterocycles. The molecule has 32 heavy (non-hydrogen) atoms. The van der Waals surface area contributed by atoms with Crippen molar-refractivity contribution in [3.05, 3.63) is 83.4 Å². The number of rotatable bonds is 7. The number of carbonyl (C=O) groups excluding carboxylic acids is 2. The number of para-hydroxylation sites is 1. The molecule has 3 aromatic rings. The van der Waals surface area contributed by atoms with Crippen molar-refractivity contribution in [2.45, 2.75) is 19.4 Å². The van der Waals surface area contributed by atoms with Gasteiger partial charge < -0.3 is 19.7 Å². The molecule has 4 rings (SSSR count). The molecule has 1 unspecified atom stereocenters. The quantitative estimate of drug-likeness (QED) is 0.565. The molecule has 0 spiro atoms. The molecule has 3 aromatic carbocycles. The van der Waals surface area contributed by atoms with Gasteiger partial charge in [-0.15, -0.1) is 0 Å². The maximum atomic E-state index is 12.7. The lowest BCUT2D eigenvalue weighted by Crippen LogP contribution is -2.45. The highest BCUT2D eigenvalue weighted by molar-refractivity contribution is 6.32. The summed E-state index contributed by atoms with van der Waals surface area (Å²) in [5.74, 6) is 0.582. The number of benzene rings is 3. The highest BCUT2D eigenvalue weighted by Crippen LogP contribution is 2.36. The summed E-state index contributed by atoms with van der Waals surface area (Å²) in [4.78, 5) is 26.8. The highest BCUT2D eigenvalue weighted by Gasteiger charge is 2.31. The molecule has 1 heterocycles. The van der Waals surface area contributed by atoms with Gasteiger partial charge in [-0.25, -0.2) is 0 Å². The maximum absolute atomic E-state index is 12.7. The number of anilines is 2. The van der Waals surface area contributed by atoms with Gasteiger partial charge in [-0.3, -0.25) is 9.59 Å². The average Bonchev–Trinajstić information content (AvgIpc) is 2.79. The smallest absolute Gasteiger partial charge is 0.267 e. The molecule has 7 heteroatoms. The van der Waals surface area contributed by atoms with E-state index in [4.69, 9.17) is 21.1 Å². The van der Waals surface area contributed by atoms with Crippen molar-refractivity contribution in [1.29, 1.82) is 0 Å². The summed E-state index contributed by atoms with van der Waals surface area (Å²) >= 11 is 6.05. The van der Waals surface area contributed by atoms with E-state index in [2.05, 4.69) is 5.32 Å². The average molecular weight is 451 g/mol. The minimum Gasteiger partial charge on any atom is -0.482 e. The largest absolute Gasteiger partial charge is 0.482 e. The summed E-state index contributed by atoms with van der Waals surface area (Å²) in [6.45, 7) is 2.09. The number of hydrogen-bond donors (Lipinski definition) is 1. The Morgan fingerprint density at radius 2 is 1.84 bits per heavy atom. The topological polar surface area (TPSA) is 67.9 Å². The third-order valence-electron chi connectivity index (χ3n) is 5.11. The van der Waals surface area contributed by atoms with Crippen LogP contribution in [0.2, 0.25) is 5.02 Å². The first-order chi connectivity index (χ1) is 15.5. The molecule has 2 amide bonds. The number of ether oxygens (including phenoxy) is 2. The monoisotopic (exact) mass is 450 g/mol. The van der Waals surface area contributed by atoms with E-state index in [0.29, 0.717) is 34.4 Å². The Kier molecular flexibility index (Phi) is 6.61. The predicted octanol–water partition coefficient (Wildman–Crippen LogP) is 4.71. The molecule has 0 radical (unpaired) electrons. The minimum absolute atomic E-state index is 0.0849. The number of carbonyl (C=O) groups is 2. The van der Waals surface area contributed by atoms with Crippen LogP contribution in [0.25, 0.3) is 0 Å². The molecule has 0 aromatic heterocycles. The van der Waals surface area contributed by atoms with E-state index in [-0.39, 0.29) is 18.4 Å². The second-order valence-corrected chi connectivity index (χ2v) is 7.84. The van der Waals surface area contributed by atoms with Crippen molar-refractivity contribution in [3.63, 3.8) is 0 Å². The van der Waals surface area contributed by atoms with Crippen molar-refractivity contribution in [2.24, 2.45) is 0 Å². The van der Waals surface area contributed by atoms with Crippen LogP contribution in [0.1, 0.15) is 12.5 Å².